The van der Waals surface area contributed by atoms with Crippen molar-refractivity contribution in [2.75, 3.05) is 46.9 Å². The van der Waals surface area contributed by atoms with E-state index in [1.165, 1.54) is 24.6 Å². The molecule has 1 amide bonds. The number of methoxy groups -OCH3 is 2. The van der Waals surface area contributed by atoms with E-state index in [1.807, 2.05) is 37.5 Å². The molecule has 0 aliphatic carbocycles. The van der Waals surface area contributed by atoms with Crippen molar-refractivity contribution in [3.63, 3.8) is 0 Å². The third-order valence-electron chi connectivity index (χ3n) is 5.08. The molecule has 1 fully saturated rings. The lowest BCUT2D eigenvalue weighted by molar-refractivity contribution is -0.136. The van der Waals surface area contributed by atoms with Crippen molar-refractivity contribution in [3.8, 4) is 11.5 Å². The fourth-order valence-electron chi connectivity index (χ4n) is 3.70. The lowest BCUT2D eigenvalue weighted by atomic mass is 10.2. The second-order valence-corrected chi connectivity index (χ2v) is 9.59. The van der Waals surface area contributed by atoms with E-state index in [9.17, 15) is 13.2 Å². The molecule has 164 valence electrons. The van der Waals surface area contributed by atoms with Gasteiger partial charge in [-0.15, -0.1) is 0 Å². The highest BCUT2D eigenvalue weighted by Gasteiger charge is 2.32. The van der Waals surface area contributed by atoms with Crippen LogP contribution in [0.3, 0.4) is 0 Å². The fraction of sp³-hybridized carbons (Fsp3) is 0.650. The summed E-state index contributed by atoms with van der Waals surface area (Å²) in [5.74, 6) is 0.810. The number of hydrogen-bond acceptors (Lipinski definition) is 6. The smallest absolute Gasteiger partial charge is 0.246 e. The third-order valence-corrected chi connectivity index (χ3v) is 7.00. The highest BCUT2D eigenvalue weighted by molar-refractivity contribution is 7.89. The molecule has 0 N–H and O–H groups in total. The molecule has 1 aliphatic heterocycles. The molecule has 8 nitrogen and oxygen atoms in total. The first-order valence-electron chi connectivity index (χ1n) is 9.87. The van der Waals surface area contributed by atoms with Gasteiger partial charge in [0.25, 0.3) is 0 Å². The highest BCUT2D eigenvalue weighted by atomic mass is 32.2. The van der Waals surface area contributed by atoms with Gasteiger partial charge in [0.1, 0.15) is 16.4 Å². The van der Waals surface area contributed by atoms with Crippen LogP contribution in [0.25, 0.3) is 0 Å². The number of rotatable bonds is 8. The van der Waals surface area contributed by atoms with E-state index >= 15 is 0 Å². The number of ether oxygens (including phenoxy) is 2. The molecule has 0 bridgehead atoms. The number of carbonyl (C=O) groups is 1. The number of nitrogens with zero attached hydrogens (tertiary/aromatic N) is 3. The molecule has 0 unspecified atom stereocenters. The number of sulfonamides is 1. The third kappa shape index (κ3) is 5.40. The van der Waals surface area contributed by atoms with Gasteiger partial charge in [-0.2, -0.15) is 4.31 Å². The minimum atomic E-state index is -3.73. The first kappa shape index (κ1) is 23.4. The molecular weight excluding hydrogens is 394 g/mol. The predicted molar refractivity (Wildman–Crippen MR) is 112 cm³/mol. The molecule has 1 saturated heterocycles. The van der Waals surface area contributed by atoms with Crippen LogP contribution in [0, 0.1) is 0 Å². The lowest BCUT2D eigenvalue weighted by Gasteiger charge is -2.37. The van der Waals surface area contributed by atoms with Crippen molar-refractivity contribution in [1.82, 2.24) is 14.1 Å². The van der Waals surface area contributed by atoms with Crippen molar-refractivity contribution < 1.29 is 22.7 Å². The Morgan fingerprint density at radius 3 is 2.10 bits per heavy atom. The molecule has 1 aromatic rings. The Labute approximate surface area is 174 Å². The molecule has 9 heteroatoms. The van der Waals surface area contributed by atoms with Gasteiger partial charge >= 0.3 is 0 Å². The zero-order chi connectivity index (χ0) is 21.8. The van der Waals surface area contributed by atoms with E-state index in [2.05, 4.69) is 0 Å². The summed E-state index contributed by atoms with van der Waals surface area (Å²) in [6.07, 6.45) is 0. The summed E-state index contributed by atoms with van der Waals surface area (Å²) in [6.45, 7) is 9.95. The van der Waals surface area contributed by atoms with Gasteiger partial charge in [-0.1, -0.05) is 0 Å². The van der Waals surface area contributed by atoms with Gasteiger partial charge in [-0.25, -0.2) is 8.42 Å². The van der Waals surface area contributed by atoms with Crippen LogP contribution < -0.4 is 9.47 Å². The monoisotopic (exact) mass is 427 g/mol. The van der Waals surface area contributed by atoms with E-state index in [0.717, 1.165) is 0 Å². The summed E-state index contributed by atoms with van der Waals surface area (Å²) in [5.41, 5.74) is 0. The van der Waals surface area contributed by atoms with E-state index in [-0.39, 0.29) is 28.6 Å². The van der Waals surface area contributed by atoms with Gasteiger partial charge in [-0.3, -0.25) is 9.69 Å². The minimum Gasteiger partial charge on any atom is -0.497 e. The van der Waals surface area contributed by atoms with Gasteiger partial charge in [0.2, 0.25) is 15.9 Å². The van der Waals surface area contributed by atoms with Gasteiger partial charge in [0, 0.05) is 44.3 Å². The highest BCUT2D eigenvalue weighted by Crippen LogP contribution is 2.31. The second-order valence-electron chi connectivity index (χ2n) is 7.69. The Balaban J connectivity index is 2.08. The van der Waals surface area contributed by atoms with Crippen LogP contribution in [0.1, 0.15) is 27.7 Å². The lowest BCUT2D eigenvalue weighted by Crippen LogP contribution is -2.53. The molecule has 0 aromatic heterocycles. The number of hydrogen-bond donors (Lipinski definition) is 0. The molecule has 0 saturated carbocycles. The summed E-state index contributed by atoms with van der Waals surface area (Å²) in [4.78, 5) is 16.6. The largest absolute Gasteiger partial charge is 0.497 e. The molecule has 0 radical (unpaired) electrons. The van der Waals surface area contributed by atoms with Crippen LogP contribution >= 0.6 is 0 Å². The van der Waals surface area contributed by atoms with Crippen molar-refractivity contribution in [3.05, 3.63) is 18.2 Å². The van der Waals surface area contributed by atoms with Crippen LogP contribution in [0.5, 0.6) is 11.5 Å². The van der Waals surface area contributed by atoms with E-state index in [4.69, 9.17) is 9.47 Å². The van der Waals surface area contributed by atoms with Crippen LogP contribution in [0.15, 0.2) is 23.1 Å². The molecule has 1 aliphatic rings. The Hall–Kier alpha value is -1.84. The first-order chi connectivity index (χ1) is 13.6. The molecule has 1 aromatic carbocycles. The maximum atomic E-state index is 13.1. The van der Waals surface area contributed by atoms with Crippen molar-refractivity contribution in [2.45, 2.75) is 44.7 Å². The van der Waals surface area contributed by atoms with Gasteiger partial charge in [0.05, 0.1) is 20.8 Å². The van der Waals surface area contributed by atoms with Gasteiger partial charge in [-0.05, 0) is 39.8 Å². The second kappa shape index (κ2) is 9.77. The molecule has 0 spiro atoms. The Morgan fingerprint density at radius 2 is 1.62 bits per heavy atom. The average molecular weight is 428 g/mol. The Bertz CT molecular complexity index is 794. The van der Waals surface area contributed by atoms with Crippen LogP contribution in [0.2, 0.25) is 0 Å². The number of piperazine rings is 1. The first-order valence-corrected chi connectivity index (χ1v) is 11.3. The summed E-state index contributed by atoms with van der Waals surface area (Å²) < 4.78 is 38.1. The van der Waals surface area contributed by atoms with Gasteiger partial charge in [0.15, 0.2) is 0 Å². The van der Waals surface area contributed by atoms with Crippen LogP contribution in [-0.2, 0) is 14.8 Å². The minimum absolute atomic E-state index is 0.0702. The average Bonchev–Trinajstić information content (AvgIpc) is 2.67. The summed E-state index contributed by atoms with van der Waals surface area (Å²) >= 11 is 0. The van der Waals surface area contributed by atoms with Crippen LogP contribution in [0.4, 0.5) is 0 Å². The van der Waals surface area contributed by atoms with E-state index in [1.54, 1.807) is 12.1 Å². The van der Waals surface area contributed by atoms with Crippen molar-refractivity contribution in [2.24, 2.45) is 0 Å². The summed E-state index contributed by atoms with van der Waals surface area (Å²) in [7, 11) is -0.790. The topological polar surface area (TPSA) is 79.4 Å². The number of carbonyl (C=O) groups excluding carboxylic acids is 1. The maximum Gasteiger partial charge on any atom is 0.246 e. The summed E-state index contributed by atoms with van der Waals surface area (Å²) in [5, 5.41) is 0. The molecule has 2 rings (SSSR count). The Morgan fingerprint density at radius 1 is 1.03 bits per heavy atom. The molecular formula is C20H33N3O5S. The standard InChI is InChI=1S/C20H33N3O5S/c1-15(2)23(16(3)4)20(24)14-21-9-11-22(12-10-21)29(25,26)19-13-17(27-5)7-8-18(19)28-6/h7-8,13,15-16H,9-12,14H2,1-6H3. The molecule has 0 atom stereocenters. The SMILES string of the molecule is COc1ccc(OC)c(S(=O)(=O)N2CCN(CC(=O)N(C(C)C)C(C)C)CC2)c1. The number of benzene rings is 1. The zero-order valence-electron chi connectivity index (χ0n) is 18.2. The zero-order valence-corrected chi connectivity index (χ0v) is 19.0. The predicted octanol–water partition coefficient (Wildman–Crippen LogP) is 1.66. The fourth-order valence-corrected chi connectivity index (χ4v) is 5.29. The Kier molecular flexibility index (Phi) is 7.90. The normalized spacial score (nSPS) is 16.3. The van der Waals surface area contributed by atoms with Crippen molar-refractivity contribution >= 4 is 15.9 Å². The molecule has 29 heavy (non-hydrogen) atoms. The van der Waals surface area contributed by atoms with Crippen LogP contribution in [-0.4, -0.2) is 87.5 Å². The number of amides is 1. The maximum absolute atomic E-state index is 13.1. The molecule has 1 heterocycles. The summed E-state index contributed by atoms with van der Waals surface area (Å²) in [6, 6.07) is 4.99. The van der Waals surface area contributed by atoms with E-state index in [0.29, 0.717) is 38.5 Å². The van der Waals surface area contributed by atoms with E-state index < -0.39 is 10.0 Å². The quantitative estimate of drug-likeness (QED) is 0.628. The van der Waals surface area contributed by atoms with Crippen molar-refractivity contribution in [1.29, 1.82) is 0 Å². The van der Waals surface area contributed by atoms with Gasteiger partial charge < -0.3 is 14.4 Å².